The second kappa shape index (κ2) is 10.4. The smallest absolute Gasteiger partial charge is 0.270 e. The van der Waals surface area contributed by atoms with Crippen LogP contribution in [0.25, 0.3) is 5.57 Å². The van der Waals surface area contributed by atoms with E-state index in [1.807, 2.05) is 116 Å². The topological polar surface area (TPSA) is 66.5 Å². The predicted molar refractivity (Wildman–Crippen MR) is 148 cm³/mol. The van der Waals surface area contributed by atoms with Crippen molar-refractivity contribution in [2.45, 2.75) is 19.4 Å². The van der Waals surface area contributed by atoms with Crippen LogP contribution in [0.15, 0.2) is 120 Å². The number of nitrogens with zero attached hydrogens (tertiary/aromatic N) is 1. The highest BCUT2D eigenvalue weighted by Crippen LogP contribution is 2.43. The average Bonchev–Trinajstić information content (AvgIpc) is 2.94. The lowest BCUT2D eigenvalue weighted by molar-refractivity contribution is -0.116. The Morgan fingerprint density at radius 3 is 2.03 bits per heavy atom. The number of nitrogens with one attached hydrogen (secondary N) is 1. The Labute approximate surface area is 218 Å². The third-order valence-electron chi connectivity index (χ3n) is 6.59. The molecule has 0 saturated heterocycles. The van der Waals surface area contributed by atoms with Gasteiger partial charge in [0.15, 0.2) is 4.91 Å². The maximum absolute atomic E-state index is 14.2. The minimum atomic E-state index is -4.18. The van der Waals surface area contributed by atoms with Gasteiger partial charge in [-0.3, -0.25) is 9.10 Å². The van der Waals surface area contributed by atoms with Crippen molar-refractivity contribution in [3.8, 4) is 0 Å². The Morgan fingerprint density at radius 2 is 1.35 bits per heavy atom. The SMILES string of the molecule is C[C@@H](CNC(=O)C1=C(c2ccccc2)c2ccccc2N(Cc2ccccc2)S1(=O)=O)c1ccccc1. The minimum Gasteiger partial charge on any atom is -0.351 e. The Hall–Kier alpha value is -4.16. The van der Waals surface area contributed by atoms with E-state index < -0.39 is 15.9 Å². The summed E-state index contributed by atoms with van der Waals surface area (Å²) in [6.45, 7) is 2.44. The van der Waals surface area contributed by atoms with Crippen LogP contribution in [-0.4, -0.2) is 20.9 Å². The molecule has 5 nitrogen and oxygen atoms in total. The molecule has 4 aromatic carbocycles. The number of amides is 1. The second-order valence-corrected chi connectivity index (χ2v) is 10.9. The zero-order chi connectivity index (χ0) is 25.8. The highest BCUT2D eigenvalue weighted by molar-refractivity contribution is 7.97. The van der Waals surface area contributed by atoms with Crippen molar-refractivity contribution >= 4 is 27.2 Å². The van der Waals surface area contributed by atoms with Gasteiger partial charge in [-0.2, -0.15) is 0 Å². The zero-order valence-corrected chi connectivity index (χ0v) is 21.4. The molecule has 6 heteroatoms. The van der Waals surface area contributed by atoms with Crippen LogP contribution in [0.2, 0.25) is 0 Å². The quantitative estimate of drug-likeness (QED) is 0.347. The standard InChI is InChI=1S/C31H28N2O3S/c1-23(25-15-7-3-8-16-25)21-32-31(34)30-29(26-17-9-4-10-18-26)27-19-11-12-20-28(27)33(37(30,35)36)22-24-13-5-2-6-14-24/h2-20,23H,21-22H2,1H3,(H,32,34)/t23-/m0/s1. The molecule has 37 heavy (non-hydrogen) atoms. The summed E-state index contributed by atoms with van der Waals surface area (Å²) in [6.07, 6.45) is 0. The number of carbonyl (C=O) groups is 1. The van der Waals surface area contributed by atoms with Crippen LogP contribution in [0.5, 0.6) is 0 Å². The number of rotatable bonds is 7. The predicted octanol–water partition coefficient (Wildman–Crippen LogP) is 5.72. The van der Waals surface area contributed by atoms with E-state index in [2.05, 4.69) is 5.32 Å². The Morgan fingerprint density at radius 1 is 0.784 bits per heavy atom. The van der Waals surface area contributed by atoms with Gasteiger partial charge < -0.3 is 5.32 Å². The number of para-hydroxylation sites is 1. The molecule has 1 N–H and O–H groups in total. The molecule has 1 aliphatic heterocycles. The van der Waals surface area contributed by atoms with Crippen molar-refractivity contribution in [2.24, 2.45) is 0 Å². The van der Waals surface area contributed by atoms with Crippen LogP contribution in [0.1, 0.15) is 35.1 Å². The number of carbonyl (C=O) groups excluding carboxylic acids is 1. The van der Waals surface area contributed by atoms with Crippen LogP contribution in [-0.2, 0) is 21.4 Å². The lowest BCUT2D eigenvalue weighted by Crippen LogP contribution is -2.41. The van der Waals surface area contributed by atoms with Crippen LogP contribution in [0.3, 0.4) is 0 Å². The summed E-state index contributed by atoms with van der Waals surface area (Å²) >= 11 is 0. The van der Waals surface area contributed by atoms with Gasteiger partial charge in [0.05, 0.1) is 12.2 Å². The fourth-order valence-corrected chi connectivity index (χ4v) is 6.41. The van der Waals surface area contributed by atoms with Crippen molar-refractivity contribution in [3.63, 3.8) is 0 Å². The first-order chi connectivity index (χ1) is 18.0. The number of benzene rings is 4. The second-order valence-electron chi connectivity index (χ2n) is 9.11. The molecule has 0 radical (unpaired) electrons. The van der Waals surface area contributed by atoms with Crippen LogP contribution in [0.4, 0.5) is 5.69 Å². The van der Waals surface area contributed by atoms with Crippen LogP contribution < -0.4 is 9.62 Å². The molecule has 1 amide bonds. The van der Waals surface area contributed by atoms with Gasteiger partial charge in [-0.15, -0.1) is 0 Å². The molecule has 0 saturated carbocycles. The minimum absolute atomic E-state index is 0.0185. The van der Waals surface area contributed by atoms with Crippen LogP contribution in [0, 0.1) is 0 Å². The molecule has 0 bridgehead atoms. The first-order valence-corrected chi connectivity index (χ1v) is 13.7. The molecule has 0 aliphatic carbocycles. The average molecular weight is 509 g/mol. The molecule has 5 rings (SSSR count). The fourth-order valence-electron chi connectivity index (χ4n) is 4.66. The molecule has 0 spiro atoms. The lowest BCUT2D eigenvalue weighted by atomic mass is 9.95. The van der Waals surface area contributed by atoms with E-state index in [0.717, 1.165) is 11.1 Å². The molecule has 0 unspecified atom stereocenters. The summed E-state index contributed by atoms with van der Waals surface area (Å²) in [7, 11) is -4.18. The van der Waals surface area contributed by atoms with Gasteiger partial charge in [0.1, 0.15) is 0 Å². The molecule has 0 fully saturated rings. The maximum Gasteiger partial charge on any atom is 0.270 e. The van der Waals surface area contributed by atoms with Crippen molar-refractivity contribution in [1.29, 1.82) is 0 Å². The van der Waals surface area contributed by atoms with E-state index in [-0.39, 0.29) is 17.4 Å². The summed E-state index contributed by atoms with van der Waals surface area (Å²) in [5.41, 5.74) is 4.27. The van der Waals surface area contributed by atoms with Gasteiger partial charge in [0.2, 0.25) is 0 Å². The lowest BCUT2D eigenvalue weighted by Gasteiger charge is -2.33. The number of sulfonamides is 1. The molecule has 1 atom stereocenters. The normalized spacial score (nSPS) is 15.1. The molecule has 1 aliphatic rings. The Kier molecular flexibility index (Phi) is 6.93. The highest BCUT2D eigenvalue weighted by Gasteiger charge is 2.41. The van der Waals surface area contributed by atoms with Gasteiger partial charge in [-0.1, -0.05) is 116 Å². The van der Waals surface area contributed by atoms with Gasteiger partial charge in [0, 0.05) is 17.7 Å². The first-order valence-electron chi connectivity index (χ1n) is 12.3. The molecular weight excluding hydrogens is 480 g/mol. The summed E-state index contributed by atoms with van der Waals surface area (Å²) in [4.78, 5) is 13.5. The molecular formula is C31H28N2O3S. The summed E-state index contributed by atoms with van der Waals surface area (Å²) < 4.78 is 29.8. The monoisotopic (exact) mass is 508 g/mol. The van der Waals surface area contributed by atoms with Crippen molar-refractivity contribution in [2.75, 3.05) is 10.8 Å². The van der Waals surface area contributed by atoms with Crippen molar-refractivity contribution < 1.29 is 13.2 Å². The number of fused-ring (bicyclic) bond motifs is 1. The van der Waals surface area contributed by atoms with Gasteiger partial charge in [-0.05, 0) is 28.7 Å². The fraction of sp³-hybridized carbons (Fsp3) is 0.129. The van der Waals surface area contributed by atoms with Gasteiger partial charge >= 0.3 is 0 Å². The highest BCUT2D eigenvalue weighted by atomic mass is 32.2. The van der Waals surface area contributed by atoms with E-state index in [0.29, 0.717) is 28.9 Å². The largest absolute Gasteiger partial charge is 0.351 e. The third kappa shape index (κ3) is 4.93. The van der Waals surface area contributed by atoms with Crippen molar-refractivity contribution in [1.82, 2.24) is 5.32 Å². The van der Waals surface area contributed by atoms with Crippen LogP contribution >= 0.6 is 0 Å². The first kappa shape index (κ1) is 24.5. The zero-order valence-electron chi connectivity index (χ0n) is 20.5. The number of hydrogen-bond acceptors (Lipinski definition) is 3. The summed E-state index contributed by atoms with van der Waals surface area (Å²) in [6, 6.07) is 35.9. The number of anilines is 1. The van der Waals surface area contributed by atoms with E-state index in [1.165, 1.54) is 4.31 Å². The Balaban J connectivity index is 1.61. The molecule has 0 aromatic heterocycles. The van der Waals surface area contributed by atoms with Gasteiger partial charge in [0.25, 0.3) is 15.9 Å². The van der Waals surface area contributed by atoms with E-state index in [9.17, 15) is 13.2 Å². The maximum atomic E-state index is 14.2. The van der Waals surface area contributed by atoms with E-state index in [1.54, 1.807) is 6.07 Å². The molecule has 1 heterocycles. The molecule has 186 valence electrons. The van der Waals surface area contributed by atoms with E-state index >= 15 is 0 Å². The summed E-state index contributed by atoms with van der Waals surface area (Å²) in [5.74, 6) is -0.584. The summed E-state index contributed by atoms with van der Waals surface area (Å²) in [5, 5.41) is 2.92. The van der Waals surface area contributed by atoms with Gasteiger partial charge in [-0.25, -0.2) is 8.42 Å². The molecule has 4 aromatic rings. The Bertz CT molecular complexity index is 1530. The van der Waals surface area contributed by atoms with E-state index in [4.69, 9.17) is 0 Å². The number of hydrogen-bond donors (Lipinski definition) is 1. The third-order valence-corrected chi connectivity index (χ3v) is 8.40. The van der Waals surface area contributed by atoms with Crippen molar-refractivity contribution in [3.05, 3.63) is 142 Å².